The Balaban J connectivity index is 1.76. The smallest absolute Gasteiger partial charge is 0.0303 e. The molecule has 3 heteroatoms. The fourth-order valence-corrected chi connectivity index (χ4v) is 3.33. The van der Waals surface area contributed by atoms with Gasteiger partial charge in [-0.3, -0.25) is 0 Å². The van der Waals surface area contributed by atoms with Gasteiger partial charge < -0.3 is 5.32 Å². The van der Waals surface area contributed by atoms with Crippen molar-refractivity contribution in [1.82, 2.24) is 5.32 Å². The van der Waals surface area contributed by atoms with E-state index in [2.05, 4.69) is 76.7 Å². The van der Waals surface area contributed by atoms with Crippen molar-refractivity contribution >= 4 is 27.7 Å². The summed E-state index contributed by atoms with van der Waals surface area (Å²) in [5.41, 5.74) is 1.31. The van der Waals surface area contributed by atoms with E-state index < -0.39 is 0 Å². The molecule has 0 aliphatic heterocycles. The molecule has 1 atom stereocenters. The molecule has 0 aliphatic carbocycles. The van der Waals surface area contributed by atoms with Gasteiger partial charge in [0.25, 0.3) is 0 Å². The molecule has 19 heavy (non-hydrogen) atoms. The monoisotopic (exact) mass is 335 g/mol. The van der Waals surface area contributed by atoms with Crippen LogP contribution in [-0.2, 0) is 0 Å². The third-order valence-corrected chi connectivity index (χ3v) is 4.67. The van der Waals surface area contributed by atoms with Crippen molar-refractivity contribution in [1.29, 1.82) is 0 Å². The Kier molecular flexibility index (Phi) is 5.95. The van der Waals surface area contributed by atoms with Crippen LogP contribution in [0.3, 0.4) is 0 Å². The largest absolute Gasteiger partial charge is 0.309 e. The van der Waals surface area contributed by atoms with Gasteiger partial charge in [-0.25, -0.2) is 0 Å². The van der Waals surface area contributed by atoms with Crippen LogP contribution >= 0.6 is 27.7 Å². The van der Waals surface area contributed by atoms with Crippen molar-refractivity contribution in [3.8, 4) is 0 Å². The highest BCUT2D eigenvalue weighted by molar-refractivity contribution is 9.10. The number of rotatable bonds is 6. The van der Waals surface area contributed by atoms with E-state index in [0.717, 1.165) is 12.3 Å². The molecule has 0 bridgehead atoms. The number of halogens is 1. The van der Waals surface area contributed by atoms with Crippen LogP contribution in [0.25, 0.3) is 0 Å². The summed E-state index contributed by atoms with van der Waals surface area (Å²) in [6, 6.07) is 19.3. The standard InChI is InChI=1S/C16H18BrNS/c1-13(15-9-5-6-10-16(15)17)18-11-12-19-14-7-3-2-4-8-14/h2-10,13,18H,11-12H2,1H3. The Morgan fingerprint density at radius 1 is 1.05 bits per heavy atom. The van der Waals surface area contributed by atoms with Gasteiger partial charge in [-0.05, 0) is 30.7 Å². The van der Waals surface area contributed by atoms with Crippen molar-refractivity contribution < 1.29 is 0 Å². The lowest BCUT2D eigenvalue weighted by molar-refractivity contribution is 0.599. The van der Waals surface area contributed by atoms with Crippen molar-refractivity contribution in [3.63, 3.8) is 0 Å². The molecule has 2 aromatic rings. The number of benzene rings is 2. The van der Waals surface area contributed by atoms with E-state index in [1.165, 1.54) is 14.9 Å². The molecule has 1 unspecified atom stereocenters. The Labute approximate surface area is 127 Å². The van der Waals surface area contributed by atoms with Crippen LogP contribution in [0.5, 0.6) is 0 Å². The normalized spacial score (nSPS) is 12.3. The van der Waals surface area contributed by atoms with Crippen LogP contribution in [0.4, 0.5) is 0 Å². The lowest BCUT2D eigenvalue weighted by atomic mass is 10.1. The first-order chi connectivity index (χ1) is 9.27. The Morgan fingerprint density at radius 3 is 2.47 bits per heavy atom. The predicted octanol–water partition coefficient (Wildman–Crippen LogP) is 4.89. The topological polar surface area (TPSA) is 12.0 Å². The van der Waals surface area contributed by atoms with E-state index in [1.807, 2.05) is 17.8 Å². The minimum Gasteiger partial charge on any atom is -0.309 e. The van der Waals surface area contributed by atoms with Crippen molar-refractivity contribution in [3.05, 3.63) is 64.6 Å². The van der Waals surface area contributed by atoms with E-state index in [9.17, 15) is 0 Å². The maximum Gasteiger partial charge on any atom is 0.0303 e. The maximum atomic E-state index is 3.60. The zero-order valence-electron chi connectivity index (χ0n) is 11.0. The summed E-state index contributed by atoms with van der Waals surface area (Å²) in [5.74, 6) is 1.08. The number of hydrogen-bond donors (Lipinski definition) is 1. The number of nitrogens with one attached hydrogen (secondary N) is 1. The van der Waals surface area contributed by atoms with Gasteiger partial charge in [-0.15, -0.1) is 11.8 Å². The fraction of sp³-hybridized carbons (Fsp3) is 0.250. The SMILES string of the molecule is CC(NCCSc1ccccc1)c1ccccc1Br. The summed E-state index contributed by atoms with van der Waals surface area (Å²) in [5, 5.41) is 3.56. The third-order valence-electron chi connectivity index (χ3n) is 2.94. The molecule has 0 aliphatic rings. The molecule has 0 saturated heterocycles. The summed E-state index contributed by atoms with van der Waals surface area (Å²) in [7, 11) is 0. The van der Waals surface area contributed by atoms with Gasteiger partial charge in [0.1, 0.15) is 0 Å². The minimum atomic E-state index is 0.368. The second kappa shape index (κ2) is 7.73. The number of hydrogen-bond acceptors (Lipinski definition) is 2. The van der Waals surface area contributed by atoms with E-state index in [-0.39, 0.29) is 0 Å². The van der Waals surface area contributed by atoms with Crippen LogP contribution < -0.4 is 5.32 Å². The van der Waals surface area contributed by atoms with Gasteiger partial charge in [-0.2, -0.15) is 0 Å². The molecule has 1 N–H and O–H groups in total. The molecule has 1 nitrogen and oxygen atoms in total. The van der Waals surface area contributed by atoms with Gasteiger partial charge in [0.15, 0.2) is 0 Å². The first-order valence-corrected chi connectivity index (χ1v) is 8.21. The average molecular weight is 336 g/mol. The molecular weight excluding hydrogens is 318 g/mol. The highest BCUT2D eigenvalue weighted by atomic mass is 79.9. The van der Waals surface area contributed by atoms with Gasteiger partial charge >= 0.3 is 0 Å². The summed E-state index contributed by atoms with van der Waals surface area (Å²) in [6.07, 6.45) is 0. The van der Waals surface area contributed by atoms with E-state index in [1.54, 1.807) is 0 Å². The van der Waals surface area contributed by atoms with Crippen molar-refractivity contribution in [2.24, 2.45) is 0 Å². The zero-order valence-corrected chi connectivity index (χ0v) is 13.4. The lowest BCUT2D eigenvalue weighted by Crippen LogP contribution is -2.21. The molecule has 0 heterocycles. The van der Waals surface area contributed by atoms with Crippen LogP contribution in [-0.4, -0.2) is 12.3 Å². The van der Waals surface area contributed by atoms with Gasteiger partial charge in [0, 0.05) is 27.7 Å². The van der Waals surface area contributed by atoms with Crippen LogP contribution in [0.15, 0.2) is 64.0 Å². The van der Waals surface area contributed by atoms with E-state index in [0.29, 0.717) is 6.04 Å². The highest BCUT2D eigenvalue weighted by Crippen LogP contribution is 2.23. The molecule has 2 aromatic carbocycles. The summed E-state index contributed by atoms with van der Waals surface area (Å²) in [6.45, 7) is 3.20. The Morgan fingerprint density at radius 2 is 1.74 bits per heavy atom. The fourth-order valence-electron chi connectivity index (χ4n) is 1.90. The average Bonchev–Trinajstić information content (AvgIpc) is 2.45. The summed E-state index contributed by atoms with van der Waals surface area (Å²) in [4.78, 5) is 1.33. The molecule has 0 fully saturated rings. The predicted molar refractivity (Wildman–Crippen MR) is 87.7 cm³/mol. The highest BCUT2D eigenvalue weighted by Gasteiger charge is 2.07. The van der Waals surface area contributed by atoms with E-state index >= 15 is 0 Å². The number of thioether (sulfide) groups is 1. The molecule has 0 saturated carbocycles. The van der Waals surface area contributed by atoms with E-state index in [4.69, 9.17) is 0 Å². The maximum absolute atomic E-state index is 3.60. The second-order valence-corrected chi connectivity index (χ2v) is 6.38. The molecule has 2 rings (SSSR count). The molecule has 0 amide bonds. The molecule has 0 spiro atoms. The quantitative estimate of drug-likeness (QED) is 0.595. The van der Waals surface area contributed by atoms with Gasteiger partial charge in [0.2, 0.25) is 0 Å². The van der Waals surface area contributed by atoms with Crippen LogP contribution in [0, 0.1) is 0 Å². The van der Waals surface area contributed by atoms with Crippen LogP contribution in [0.1, 0.15) is 18.5 Å². The third kappa shape index (κ3) is 4.68. The van der Waals surface area contributed by atoms with Crippen molar-refractivity contribution in [2.45, 2.75) is 17.9 Å². The molecular formula is C16H18BrNS. The Hall–Kier alpha value is -0.770. The van der Waals surface area contributed by atoms with Gasteiger partial charge in [-0.1, -0.05) is 52.3 Å². The minimum absolute atomic E-state index is 0.368. The first-order valence-electron chi connectivity index (χ1n) is 6.43. The summed E-state index contributed by atoms with van der Waals surface area (Å²) >= 11 is 5.48. The molecule has 0 aromatic heterocycles. The van der Waals surface area contributed by atoms with Gasteiger partial charge in [0.05, 0.1) is 0 Å². The first kappa shape index (κ1) is 14.6. The molecule has 100 valence electrons. The van der Waals surface area contributed by atoms with Crippen LogP contribution in [0.2, 0.25) is 0 Å². The second-order valence-electron chi connectivity index (χ2n) is 4.36. The Bertz CT molecular complexity index is 501. The summed E-state index contributed by atoms with van der Waals surface area (Å²) < 4.78 is 1.17. The van der Waals surface area contributed by atoms with Crippen molar-refractivity contribution in [2.75, 3.05) is 12.3 Å². The molecule has 0 radical (unpaired) electrons. The zero-order chi connectivity index (χ0) is 13.5. The lowest BCUT2D eigenvalue weighted by Gasteiger charge is -2.15.